The van der Waals surface area contributed by atoms with Crippen LogP contribution in [0, 0.1) is 0 Å². The Hall–Kier alpha value is -2.50. The number of para-hydroxylation sites is 2. The zero-order chi connectivity index (χ0) is 14.1. The zero-order valence-electron chi connectivity index (χ0n) is 11.5. The Morgan fingerprint density at radius 2 is 2.00 bits per heavy atom. The monoisotopic (exact) mass is 281 g/mol. The summed E-state index contributed by atoms with van der Waals surface area (Å²) in [4.78, 5) is 13.3. The predicted molar refractivity (Wildman–Crippen MR) is 78.0 cm³/mol. The average Bonchev–Trinajstić information content (AvgIpc) is 3.27. The van der Waals surface area contributed by atoms with Gasteiger partial charge in [-0.25, -0.2) is 4.98 Å². The number of aromatic nitrogens is 4. The van der Waals surface area contributed by atoms with Crippen LogP contribution in [0.25, 0.3) is 11.0 Å². The number of fused-ring (bicyclic) bond motifs is 1. The molecule has 2 heterocycles. The molecule has 1 aliphatic carbocycles. The molecule has 1 saturated carbocycles. The van der Waals surface area contributed by atoms with Crippen LogP contribution in [0.2, 0.25) is 0 Å². The highest BCUT2D eigenvalue weighted by molar-refractivity contribution is 5.75. The number of hydrogen-bond acceptors (Lipinski definition) is 6. The van der Waals surface area contributed by atoms with Crippen molar-refractivity contribution in [2.45, 2.75) is 25.2 Å². The number of nitrogens with one attached hydrogen (secondary N) is 1. The molecule has 0 unspecified atom stereocenters. The lowest BCUT2D eigenvalue weighted by Gasteiger charge is -2.04. The van der Waals surface area contributed by atoms with E-state index in [0.717, 1.165) is 22.7 Å². The largest absolute Gasteiger partial charge is 0.368 e. The Labute approximate surface area is 121 Å². The van der Waals surface area contributed by atoms with E-state index in [1.807, 2.05) is 24.3 Å². The van der Waals surface area contributed by atoms with Gasteiger partial charge in [0.25, 0.3) is 0 Å². The van der Waals surface area contributed by atoms with Gasteiger partial charge in [0, 0.05) is 18.9 Å². The summed E-state index contributed by atoms with van der Waals surface area (Å²) in [7, 11) is 0. The van der Waals surface area contributed by atoms with Crippen LogP contribution in [-0.4, -0.2) is 26.7 Å². The molecule has 6 nitrogen and oxygen atoms in total. The topological polar surface area (TPSA) is 76.7 Å². The van der Waals surface area contributed by atoms with Gasteiger partial charge in [0.1, 0.15) is 5.82 Å². The zero-order valence-corrected chi connectivity index (χ0v) is 11.5. The van der Waals surface area contributed by atoms with Crippen molar-refractivity contribution in [2.75, 3.05) is 11.9 Å². The van der Waals surface area contributed by atoms with E-state index in [2.05, 4.69) is 25.4 Å². The molecule has 106 valence electrons. The fraction of sp³-hybridized carbons (Fsp3) is 0.333. The number of rotatable bonds is 5. The van der Waals surface area contributed by atoms with Crippen LogP contribution in [0.1, 0.15) is 30.5 Å². The third-order valence-electron chi connectivity index (χ3n) is 3.52. The van der Waals surface area contributed by atoms with Gasteiger partial charge < -0.3 is 9.84 Å². The van der Waals surface area contributed by atoms with Crippen LogP contribution in [0.15, 0.2) is 35.0 Å². The summed E-state index contributed by atoms with van der Waals surface area (Å²) in [6.45, 7) is 0.694. The van der Waals surface area contributed by atoms with Crippen LogP contribution < -0.4 is 5.32 Å². The molecule has 1 N–H and O–H groups in total. The van der Waals surface area contributed by atoms with Gasteiger partial charge in [-0.05, 0) is 25.0 Å². The van der Waals surface area contributed by atoms with Crippen molar-refractivity contribution in [3.05, 3.63) is 42.2 Å². The van der Waals surface area contributed by atoms with Crippen LogP contribution in [0.3, 0.4) is 0 Å². The van der Waals surface area contributed by atoms with E-state index < -0.39 is 0 Å². The van der Waals surface area contributed by atoms with E-state index in [1.165, 1.54) is 12.8 Å². The lowest BCUT2D eigenvalue weighted by Crippen LogP contribution is -2.07. The molecule has 1 fully saturated rings. The Morgan fingerprint density at radius 1 is 1.14 bits per heavy atom. The first-order chi connectivity index (χ1) is 10.4. The third-order valence-corrected chi connectivity index (χ3v) is 3.52. The van der Waals surface area contributed by atoms with Crippen LogP contribution >= 0.6 is 0 Å². The van der Waals surface area contributed by atoms with Crippen molar-refractivity contribution in [1.82, 2.24) is 20.1 Å². The van der Waals surface area contributed by atoms with Gasteiger partial charge in [-0.3, -0.25) is 4.98 Å². The molecule has 0 saturated heterocycles. The van der Waals surface area contributed by atoms with Gasteiger partial charge in [0.05, 0.1) is 17.2 Å². The highest BCUT2D eigenvalue weighted by Gasteiger charge is 2.28. The molecule has 2 aromatic heterocycles. The molecule has 0 aliphatic heterocycles. The molecule has 0 bridgehead atoms. The Bertz CT molecular complexity index is 765. The smallest absolute Gasteiger partial charge is 0.228 e. The van der Waals surface area contributed by atoms with Crippen LogP contribution in [0.4, 0.5) is 5.82 Å². The van der Waals surface area contributed by atoms with E-state index in [0.29, 0.717) is 24.8 Å². The summed E-state index contributed by atoms with van der Waals surface area (Å²) in [5.41, 5.74) is 1.78. The molecule has 1 aliphatic rings. The van der Waals surface area contributed by atoms with E-state index in [1.54, 1.807) is 6.20 Å². The van der Waals surface area contributed by atoms with Crippen molar-refractivity contribution in [3.8, 4) is 0 Å². The Morgan fingerprint density at radius 3 is 2.86 bits per heavy atom. The summed E-state index contributed by atoms with van der Waals surface area (Å²) in [6.07, 6.45) is 4.80. The molecule has 0 radical (unpaired) electrons. The van der Waals surface area contributed by atoms with Crippen LogP contribution in [-0.2, 0) is 6.42 Å². The lowest BCUT2D eigenvalue weighted by atomic mass is 10.3. The minimum absolute atomic E-state index is 0.529. The summed E-state index contributed by atoms with van der Waals surface area (Å²) in [5, 5.41) is 7.24. The standard InChI is InChI=1S/C15H15N5O/c1-2-4-12-11(3-1)17-9-13(18-12)16-8-7-14-19-15(20-21-14)10-5-6-10/h1-4,9-10H,5-8H2,(H,16,18). The lowest BCUT2D eigenvalue weighted by molar-refractivity contribution is 0.375. The van der Waals surface area contributed by atoms with E-state index in [9.17, 15) is 0 Å². The number of nitrogens with zero attached hydrogens (tertiary/aromatic N) is 4. The van der Waals surface area contributed by atoms with Gasteiger partial charge >= 0.3 is 0 Å². The quantitative estimate of drug-likeness (QED) is 0.774. The van der Waals surface area contributed by atoms with Gasteiger partial charge in [0.2, 0.25) is 5.89 Å². The Balaban J connectivity index is 1.38. The molecular formula is C15H15N5O. The average molecular weight is 281 g/mol. The maximum absolute atomic E-state index is 5.24. The third kappa shape index (κ3) is 2.69. The van der Waals surface area contributed by atoms with E-state index >= 15 is 0 Å². The van der Waals surface area contributed by atoms with Gasteiger partial charge in [-0.1, -0.05) is 17.3 Å². The normalized spacial score (nSPS) is 14.5. The summed E-state index contributed by atoms with van der Waals surface area (Å²) < 4.78 is 5.24. The van der Waals surface area contributed by atoms with Crippen molar-refractivity contribution in [2.24, 2.45) is 0 Å². The highest BCUT2D eigenvalue weighted by atomic mass is 16.5. The number of benzene rings is 1. The molecule has 21 heavy (non-hydrogen) atoms. The fourth-order valence-corrected chi connectivity index (χ4v) is 2.22. The second-order valence-corrected chi connectivity index (χ2v) is 5.24. The summed E-state index contributed by atoms with van der Waals surface area (Å²) in [6, 6.07) is 7.81. The highest BCUT2D eigenvalue weighted by Crippen LogP contribution is 2.38. The van der Waals surface area contributed by atoms with Crippen molar-refractivity contribution in [3.63, 3.8) is 0 Å². The minimum atomic E-state index is 0.529. The van der Waals surface area contributed by atoms with Crippen LogP contribution in [0.5, 0.6) is 0 Å². The number of anilines is 1. The van der Waals surface area contributed by atoms with Crippen molar-refractivity contribution in [1.29, 1.82) is 0 Å². The molecule has 6 heteroatoms. The number of hydrogen-bond donors (Lipinski definition) is 1. The molecule has 4 rings (SSSR count). The second kappa shape index (κ2) is 5.12. The predicted octanol–water partition coefficient (Wildman–Crippen LogP) is 2.54. The maximum atomic E-state index is 5.24. The summed E-state index contributed by atoms with van der Waals surface area (Å²) in [5.74, 6) is 2.83. The molecule has 3 aromatic rings. The maximum Gasteiger partial charge on any atom is 0.228 e. The van der Waals surface area contributed by atoms with Crippen molar-refractivity contribution >= 4 is 16.9 Å². The van der Waals surface area contributed by atoms with E-state index in [-0.39, 0.29) is 0 Å². The van der Waals surface area contributed by atoms with Gasteiger partial charge in [-0.2, -0.15) is 4.98 Å². The fourth-order valence-electron chi connectivity index (χ4n) is 2.22. The second-order valence-electron chi connectivity index (χ2n) is 5.24. The summed E-state index contributed by atoms with van der Waals surface area (Å²) >= 11 is 0. The Kier molecular flexibility index (Phi) is 2.99. The SMILES string of the molecule is c1ccc2nc(NCCc3nc(C4CC4)no3)cnc2c1. The first-order valence-electron chi connectivity index (χ1n) is 7.16. The van der Waals surface area contributed by atoms with Gasteiger partial charge in [-0.15, -0.1) is 0 Å². The first-order valence-corrected chi connectivity index (χ1v) is 7.16. The minimum Gasteiger partial charge on any atom is -0.368 e. The first kappa shape index (κ1) is 12.3. The molecule has 0 atom stereocenters. The molecule has 0 spiro atoms. The van der Waals surface area contributed by atoms with E-state index in [4.69, 9.17) is 4.52 Å². The van der Waals surface area contributed by atoms with Gasteiger partial charge in [0.15, 0.2) is 5.82 Å². The van der Waals surface area contributed by atoms with Crippen molar-refractivity contribution < 1.29 is 4.52 Å². The molecule has 0 amide bonds. The molecule has 1 aromatic carbocycles. The molecular weight excluding hydrogens is 266 g/mol.